The van der Waals surface area contributed by atoms with Gasteiger partial charge in [-0.15, -0.1) is 0 Å². The molecule has 0 saturated carbocycles. The van der Waals surface area contributed by atoms with Gasteiger partial charge in [-0.3, -0.25) is 14.4 Å². The van der Waals surface area contributed by atoms with Crippen molar-refractivity contribution >= 4 is 23.4 Å². The van der Waals surface area contributed by atoms with E-state index in [1.807, 2.05) is 54.6 Å². The molecule has 3 amide bonds. The standard InChI is InChI=1S/C27H25F2N3O3/c1-17(30-25(33)13-19-11-21(28)15-22(29)12-19)26(34)31-23-14-20-9-5-6-10-24(20)32(27(23)35)16-18-7-3-2-4-8-18/h2-12,15,17,23H,13-14,16H2,1H3,(H,30,33)(H,31,34). The molecule has 3 aromatic carbocycles. The van der Waals surface area contributed by atoms with E-state index in [0.29, 0.717) is 13.0 Å². The monoisotopic (exact) mass is 477 g/mol. The van der Waals surface area contributed by atoms with Crippen molar-refractivity contribution < 1.29 is 23.2 Å². The highest BCUT2D eigenvalue weighted by Crippen LogP contribution is 2.29. The van der Waals surface area contributed by atoms with Gasteiger partial charge >= 0.3 is 0 Å². The lowest BCUT2D eigenvalue weighted by Crippen LogP contribution is -2.56. The first kappa shape index (κ1) is 24.1. The van der Waals surface area contributed by atoms with E-state index in [-0.39, 0.29) is 17.9 Å². The summed E-state index contributed by atoms with van der Waals surface area (Å²) in [6.07, 6.45) is 0.0438. The van der Waals surface area contributed by atoms with Crippen molar-refractivity contribution in [1.29, 1.82) is 0 Å². The predicted molar refractivity (Wildman–Crippen MR) is 127 cm³/mol. The second-order valence-corrected chi connectivity index (χ2v) is 8.55. The van der Waals surface area contributed by atoms with Crippen LogP contribution in [0.3, 0.4) is 0 Å². The quantitative estimate of drug-likeness (QED) is 0.548. The lowest BCUT2D eigenvalue weighted by atomic mass is 9.96. The summed E-state index contributed by atoms with van der Waals surface area (Å²) in [5, 5.41) is 5.27. The Morgan fingerprint density at radius 3 is 2.34 bits per heavy atom. The van der Waals surface area contributed by atoms with Gasteiger partial charge in [-0.2, -0.15) is 0 Å². The van der Waals surface area contributed by atoms with Gasteiger partial charge in [-0.05, 0) is 41.8 Å². The van der Waals surface area contributed by atoms with Gasteiger partial charge < -0.3 is 15.5 Å². The van der Waals surface area contributed by atoms with Crippen LogP contribution in [0.25, 0.3) is 0 Å². The van der Waals surface area contributed by atoms with E-state index in [2.05, 4.69) is 10.6 Å². The minimum Gasteiger partial charge on any atom is -0.344 e. The van der Waals surface area contributed by atoms with Crippen LogP contribution in [0, 0.1) is 11.6 Å². The van der Waals surface area contributed by atoms with Crippen LogP contribution < -0.4 is 15.5 Å². The summed E-state index contributed by atoms with van der Waals surface area (Å²) in [6, 6.07) is 18.2. The van der Waals surface area contributed by atoms with Crippen LogP contribution in [-0.2, 0) is 33.8 Å². The first-order valence-corrected chi connectivity index (χ1v) is 11.3. The highest BCUT2D eigenvalue weighted by atomic mass is 19.1. The zero-order valence-corrected chi connectivity index (χ0v) is 19.1. The summed E-state index contributed by atoms with van der Waals surface area (Å²) in [5.74, 6) is -2.90. The third-order valence-corrected chi connectivity index (χ3v) is 5.83. The molecule has 6 nitrogen and oxygen atoms in total. The van der Waals surface area contributed by atoms with Crippen molar-refractivity contribution in [3.63, 3.8) is 0 Å². The molecule has 0 aliphatic carbocycles. The topological polar surface area (TPSA) is 78.5 Å². The number of para-hydroxylation sites is 1. The number of amides is 3. The van der Waals surface area contributed by atoms with Gasteiger partial charge in [0.25, 0.3) is 0 Å². The average molecular weight is 478 g/mol. The van der Waals surface area contributed by atoms with Crippen LogP contribution >= 0.6 is 0 Å². The Morgan fingerprint density at radius 2 is 1.63 bits per heavy atom. The SMILES string of the molecule is CC(NC(=O)Cc1cc(F)cc(F)c1)C(=O)NC1Cc2ccccc2N(Cc2ccccc2)C1=O. The summed E-state index contributed by atoms with van der Waals surface area (Å²) in [6.45, 7) is 1.85. The molecule has 0 spiro atoms. The Morgan fingerprint density at radius 1 is 0.971 bits per heavy atom. The zero-order valence-electron chi connectivity index (χ0n) is 19.1. The fraction of sp³-hybridized carbons (Fsp3) is 0.222. The van der Waals surface area contributed by atoms with E-state index in [1.165, 1.54) is 6.92 Å². The Bertz CT molecular complexity index is 1230. The molecule has 1 aliphatic heterocycles. The van der Waals surface area contributed by atoms with Gasteiger partial charge in [0.2, 0.25) is 17.7 Å². The Kier molecular flexibility index (Phi) is 7.19. The maximum atomic E-state index is 13.4. The molecule has 180 valence electrons. The number of fused-ring (bicyclic) bond motifs is 1. The molecule has 4 rings (SSSR count). The largest absolute Gasteiger partial charge is 0.344 e. The molecule has 0 radical (unpaired) electrons. The van der Waals surface area contributed by atoms with Crippen molar-refractivity contribution in [2.45, 2.75) is 38.4 Å². The van der Waals surface area contributed by atoms with Crippen LogP contribution in [0.1, 0.15) is 23.6 Å². The summed E-state index contributed by atoms with van der Waals surface area (Å²) in [5.41, 5.74) is 2.84. The van der Waals surface area contributed by atoms with Gasteiger partial charge in [0.15, 0.2) is 0 Å². The first-order valence-electron chi connectivity index (χ1n) is 11.3. The summed E-state index contributed by atoms with van der Waals surface area (Å²) in [7, 11) is 0. The zero-order chi connectivity index (χ0) is 24.9. The predicted octanol–water partition coefficient (Wildman–Crippen LogP) is 3.29. The van der Waals surface area contributed by atoms with E-state index in [4.69, 9.17) is 0 Å². The van der Waals surface area contributed by atoms with Gasteiger partial charge in [-0.25, -0.2) is 8.78 Å². The van der Waals surface area contributed by atoms with Crippen molar-refractivity contribution in [3.05, 3.63) is 101 Å². The molecule has 0 fully saturated rings. The maximum absolute atomic E-state index is 13.4. The molecule has 2 N–H and O–H groups in total. The molecule has 2 atom stereocenters. The van der Waals surface area contributed by atoms with E-state index in [9.17, 15) is 23.2 Å². The molecule has 2 unspecified atom stereocenters. The molecule has 1 aliphatic rings. The van der Waals surface area contributed by atoms with Crippen molar-refractivity contribution in [1.82, 2.24) is 10.6 Å². The number of rotatable bonds is 7. The number of hydrogen-bond donors (Lipinski definition) is 2. The smallest absolute Gasteiger partial charge is 0.250 e. The Balaban J connectivity index is 1.42. The lowest BCUT2D eigenvalue weighted by molar-refractivity contribution is -0.131. The molecular weight excluding hydrogens is 452 g/mol. The fourth-order valence-electron chi connectivity index (χ4n) is 4.16. The van der Waals surface area contributed by atoms with E-state index >= 15 is 0 Å². The number of anilines is 1. The molecule has 0 aromatic heterocycles. The normalized spacial score (nSPS) is 15.8. The van der Waals surface area contributed by atoms with Crippen LogP contribution in [0.15, 0.2) is 72.8 Å². The summed E-state index contributed by atoms with van der Waals surface area (Å²) in [4.78, 5) is 40.1. The van der Waals surface area contributed by atoms with Crippen LogP contribution in [-0.4, -0.2) is 29.8 Å². The summed E-state index contributed by atoms with van der Waals surface area (Å²) < 4.78 is 26.7. The van der Waals surface area contributed by atoms with Crippen molar-refractivity contribution in [2.75, 3.05) is 4.90 Å². The molecule has 3 aromatic rings. The van der Waals surface area contributed by atoms with Gasteiger partial charge in [-0.1, -0.05) is 48.5 Å². The summed E-state index contributed by atoms with van der Waals surface area (Å²) >= 11 is 0. The molecule has 1 heterocycles. The number of halogens is 2. The molecule has 0 bridgehead atoms. The number of nitrogens with one attached hydrogen (secondary N) is 2. The van der Waals surface area contributed by atoms with Gasteiger partial charge in [0.1, 0.15) is 23.7 Å². The average Bonchev–Trinajstić information content (AvgIpc) is 2.81. The number of carbonyl (C=O) groups is 3. The van der Waals surface area contributed by atoms with E-state index in [1.54, 1.807) is 4.90 Å². The van der Waals surface area contributed by atoms with E-state index in [0.717, 1.165) is 35.0 Å². The second-order valence-electron chi connectivity index (χ2n) is 8.55. The Labute approximate surface area is 201 Å². The third-order valence-electron chi connectivity index (χ3n) is 5.83. The Hall–Kier alpha value is -4.07. The number of carbonyl (C=O) groups excluding carboxylic acids is 3. The highest BCUT2D eigenvalue weighted by molar-refractivity contribution is 6.02. The lowest BCUT2D eigenvalue weighted by Gasteiger charge is -2.35. The minimum atomic E-state index is -0.951. The fourth-order valence-corrected chi connectivity index (χ4v) is 4.16. The molecule has 8 heteroatoms. The van der Waals surface area contributed by atoms with Crippen LogP contribution in [0.2, 0.25) is 0 Å². The molecule has 0 saturated heterocycles. The van der Waals surface area contributed by atoms with E-state index < -0.39 is 35.5 Å². The van der Waals surface area contributed by atoms with Crippen LogP contribution in [0.4, 0.5) is 14.5 Å². The van der Waals surface area contributed by atoms with Crippen molar-refractivity contribution in [2.24, 2.45) is 0 Å². The third kappa shape index (κ3) is 5.90. The minimum absolute atomic E-state index is 0.156. The molecule has 35 heavy (non-hydrogen) atoms. The number of nitrogens with zero attached hydrogens (tertiary/aromatic N) is 1. The number of hydrogen-bond acceptors (Lipinski definition) is 3. The van der Waals surface area contributed by atoms with Crippen LogP contribution in [0.5, 0.6) is 0 Å². The maximum Gasteiger partial charge on any atom is 0.250 e. The molecular formula is C27H25F2N3O3. The second kappa shape index (κ2) is 10.5. The first-order chi connectivity index (χ1) is 16.8. The van der Waals surface area contributed by atoms with Crippen molar-refractivity contribution in [3.8, 4) is 0 Å². The number of benzene rings is 3. The van der Waals surface area contributed by atoms with Gasteiger partial charge in [0.05, 0.1) is 13.0 Å². The highest BCUT2D eigenvalue weighted by Gasteiger charge is 2.34. The van der Waals surface area contributed by atoms with Gasteiger partial charge in [0, 0.05) is 18.2 Å².